The summed E-state index contributed by atoms with van der Waals surface area (Å²) in [6.07, 6.45) is 3.76. The zero-order chi connectivity index (χ0) is 32.8. The van der Waals surface area contributed by atoms with E-state index in [1.54, 1.807) is 10.7 Å². The Morgan fingerprint density at radius 1 is 1.15 bits per heavy atom. The largest absolute Gasteiger partial charge is 0.489 e. The number of carbonyl (C=O) groups is 1. The van der Waals surface area contributed by atoms with E-state index in [2.05, 4.69) is 34.7 Å². The van der Waals surface area contributed by atoms with Crippen molar-refractivity contribution in [3.8, 4) is 28.1 Å². The molecule has 0 radical (unpaired) electrons. The number of anilines is 1. The number of aliphatic carboxylic acids is 1. The Hall–Kier alpha value is -4.06. The van der Waals surface area contributed by atoms with Crippen molar-refractivity contribution in [1.82, 2.24) is 24.5 Å². The number of piperidine rings is 1. The number of aryl methyl sites for hydroxylation is 1. The van der Waals surface area contributed by atoms with Crippen LogP contribution in [0.4, 0.5) is 5.82 Å². The van der Waals surface area contributed by atoms with Crippen LogP contribution in [0.1, 0.15) is 64.8 Å². The number of aromatic nitrogens is 4. The minimum absolute atomic E-state index is 0.0875. The molecule has 3 aliphatic rings. The molecule has 46 heavy (non-hydrogen) atoms. The molecule has 6 heterocycles. The van der Waals surface area contributed by atoms with Gasteiger partial charge >= 0.3 is 5.97 Å². The van der Waals surface area contributed by atoms with Gasteiger partial charge in [0.05, 0.1) is 29.2 Å². The van der Waals surface area contributed by atoms with Gasteiger partial charge in [0.2, 0.25) is 0 Å². The lowest BCUT2D eigenvalue weighted by Crippen LogP contribution is -2.47. The molecule has 4 aromatic rings. The van der Waals surface area contributed by atoms with Gasteiger partial charge in [0.25, 0.3) is 0 Å². The van der Waals surface area contributed by atoms with Gasteiger partial charge in [-0.25, -0.2) is 9.78 Å². The van der Waals surface area contributed by atoms with E-state index in [9.17, 15) is 9.90 Å². The molecule has 0 amide bonds. The normalized spacial score (nSPS) is 21.7. The number of nitrogens with zero attached hydrogens (tertiary/aromatic N) is 6. The molecule has 1 saturated heterocycles. The van der Waals surface area contributed by atoms with Gasteiger partial charge in [0.1, 0.15) is 17.7 Å². The molecule has 11 nitrogen and oxygen atoms in total. The Kier molecular flexibility index (Phi) is 8.51. The molecule has 0 unspecified atom stereocenters. The maximum Gasteiger partial charge on any atom is 0.337 e. The third-order valence-corrected chi connectivity index (χ3v) is 8.66. The molecule has 6 bridgehead atoms. The molecule has 1 aromatic carbocycles. The number of benzene rings is 1. The third-order valence-electron chi connectivity index (χ3n) is 8.66. The van der Waals surface area contributed by atoms with Crippen molar-refractivity contribution in [2.75, 3.05) is 38.3 Å². The first kappa shape index (κ1) is 31.9. The summed E-state index contributed by atoms with van der Waals surface area (Å²) in [6, 6.07) is 12.0. The number of hydrogen-bond donors (Lipinski definition) is 1. The molecule has 11 heteroatoms. The summed E-state index contributed by atoms with van der Waals surface area (Å²) < 4.78 is 21.0. The van der Waals surface area contributed by atoms with E-state index < -0.39 is 17.7 Å². The van der Waals surface area contributed by atoms with E-state index in [1.807, 2.05) is 71.3 Å². The Labute approximate surface area is 270 Å². The van der Waals surface area contributed by atoms with Crippen LogP contribution < -0.4 is 9.64 Å². The lowest BCUT2D eigenvalue weighted by atomic mass is 9.92. The van der Waals surface area contributed by atoms with Crippen LogP contribution in [-0.2, 0) is 14.3 Å². The Morgan fingerprint density at radius 3 is 2.61 bits per heavy atom. The van der Waals surface area contributed by atoms with E-state index in [1.165, 1.54) is 0 Å². The highest BCUT2D eigenvalue weighted by molar-refractivity contribution is 5.80. The van der Waals surface area contributed by atoms with Gasteiger partial charge in [0.15, 0.2) is 11.8 Å². The molecule has 244 valence electrons. The molecule has 1 N–H and O–H groups in total. The predicted molar refractivity (Wildman–Crippen MR) is 176 cm³/mol. The molecule has 2 atom stereocenters. The highest BCUT2D eigenvalue weighted by Crippen LogP contribution is 2.39. The molecule has 3 aliphatic heterocycles. The minimum Gasteiger partial charge on any atom is -0.489 e. The van der Waals surface area contributed by atoms with Crippen LogP contribution in [0.25, 0.3) is 28.0 Å². The highest BCUT2D eigenvalue weighted by atomic mass is 16.5. The number of rotatable bonds is 3. The van der Waals surface area contributed by atoms with Crippen LogP contribution in [0.3, 0.4) is 0 Å². The van der Waals surface area contributed by atoms with E-state index in [4.69, 9.17) is 24.3 Å². The lowest BCUT2D eigenvalue weighted by molar-refractivity contribution is -0.160. The van der Waals surface area contributed by atoms with Crippen molar-refractivity contribution >= 4 is 17.4 Å². The second-order valence-corrected chi connectivity index (χ2v) is 13.8. The van der Waals surface area contributed by atoms with Crippen molar-refractivity contribution in [3.63, 3.8) is 0 Å². The van der Waals surface area contributed by atoms with Gasteiger partial charge in [-0.05, 0) is 79.1 Å². The number of fused-ring (bicyclic) bond motifs is 7. The summed E-state index contributed by atoms with van der Waals surface area (Å²) in [5.74, 6) is 0.376. The molecule has 0 spiro atoms. The fraction of sp³-hybridized carbons (Fsp3) is 0.486. The zero-order valence-corrected chi connectivity index (χ0v) is 27.8. The van der Waals surface area contributed by atoms with Crippen molar-refractivity contribution < 1.29 is 24.1 Å². The number of pyridine rings is 1. The van der Waals surface area contributed by atoms with Crippen LogP contribution in [0.5, 0.6) is 5.75 Å². The number of carboxylic acids is 1. The van der Waals surface area contributed by atoms with Crippen LogP contribution in [0.15, 0.2) is 48.8 Å². The van der Waals surface area contributed by atoms with E-state index in [0.717, 1.165) is 41.0 Å². The van der Waals surface area contributed by atoms with Crippen molar-refractivity contribution in [2.24, 2.45) is 0 Å². The summed E-state index contributed by atoms with van der Waals surface area (Å²) in [6.45, 7) is 14.1. The molecular weight excluding hydrogens is 584 g/mol. The predicted octanol–water partition coefficient (Wildman–Crippen LogP) is 5.75. The van der Waals surface area contributed by atoms with E-state index in [0.29, 0.717) is 49.1 Å². The molecule has 0 saturated carbocycles. The van der Waals surface area contributed by atoms with Gasteiger partial charge in [-0.3, -0.25) is 9.88 Å². The van der Waals surface area contributed by atoms with E-state index >= 15 is 0 Å². The zero-order valence-electron chi connectivity index (χ0n) is 27.8. The van der Waals surface area contributed by atoms with Crippen LogP contribution in [0, 0.1) is 6.92 Å². The molecule has 1 fully saturated rings. The fourth-order valence-electron chi connectivity index (χ4n) is 6.35. The molecule has 7 rings (SSSR count). The van der Waals surface area contributed by atoms with Gasteiger partial charge < -0.3 is 24.2 Å². The third kappa shape index (κ3) is 6.58. The number of carboxylic acid groups (broad SMARTS) is 1. The Morgan fingerprint density at radius 2 is 1.89 bits per heavy atom. The monoisotopic (exact) mass is 628 g/mol. The first-order valence-corrected chi connectivity index (χ1v) is 15.9. The standard InChI is InChI=1S/C35H44N6O5/c1-22-20-39(7)21-44-35(6)12-15-40(16-13-35)32-30(31(33(42)43)46-34(3,4)5)23(2)37-29-18-27(38-41(29)32)25-10-8-9-24(17-25)26-19-36-14-11-28(26)45-22/h8-11,14,17-19,22,31H,12-13,15-16,20-21H2,1-7H3,(H,42,43)/t22-,31-/m0/s1. The van der Waals surface area contributed by atoms with E-state index in [-0.39, 0.29) is 11.7 Å². The molecule has 3 aromatic heterocycles. The smallest absolute Gasteiger partial charge is 0.337 e. The lowest BCUT2D eigenvalue weighted by Gasteiger charge is -2.42. The van der Waals surface area contributed by atoms with Crippen LogP contribution in [-0.4, -0.2) is 86.3 Å². The maximum atomic E-state index is 12.8. The Balaban J connectivity index is 1.54. The summed E-state index contributed by atoms with van der Waals surface area (Å²) in [5.41, 5.74) is 4.15. The van der Waals surface area contributed by atoms with Crippen LogP contribution in [0.2, 0.25) is 0 Å². The van der Waals surface area contributed by atoms with Gasteiger partial charge in [-0.15, -0.1) is 0 Å². The topological polar surface area (TPSA) is 115 Å². The number of likely N-dealkylation sites (N-methyl/N-ethyl adjacent to an activating group) is 1. The maximum absolute atomic E-state index is 12.8. The van der Waals surface area contributed by atoms with Crippen molar-refractivity contribution in [2.45, 2.75) is 77.8 Å². The summed E-state index contributed by atoms with van der Waals surface area (Å²) in [7, 11) is 2.04. The van der Waals surface area contributed by atoms with Gasteiger partial charge in [-0.1, -0.05) is 18.2 Å². The first-order chi connectivity index (χ1) is 21.8. The summed E-state index contributed by atoms with van der Waals surface area (Å²) in [4.78, 5) is 26.4. The number of ether oxygens (including phenoxy) is 3. The van der Waals surface area contributed by atoms with Gasteiger partial charge in [-0.2, -0.15) is 9.61 Å². The highest BCUT2D eigenvalue weighted by Gasteiger charge is 2.38. The molecular formula is C35H44N6O5. The van der Waals surface area contributed by atoms with Crippen LogP contribution >= 0.6 is 0 Å². The summed E-state index contributed by atoms with van der Waals surface area (Å²) in [5, 5.41) is 15.5. The number of hydrogen-bond acceptors (Lipinski definition) is 9. The minimum atomic E-state index is -1.23. The second kappa shape index (κ2) is 12.3. The summed E-state index contributed by atoms with van der Waals surface area (Å²) >= 11 is 0. The fourth-order valence-corrected chi connectivity index (χ4v) is 6.35. The van der Waals surface area contributed by atoms with Gasteiger partial charge in [0, 0.05) is 54.9 Å². The van der Waals surface area contributed by atoms with Crippen molar-refractivity contribution in [3.05, 3.63) is 60.0 Å². The first-order valence-electron chi connectivity index (χ1n) is 15.9. The van der Waals surface area contributed by atoms with Crippen molar-refractivity contribution in [1.29, 1.82) is 0 Å². The molecule has 0 aliphatic carbocycles. The second-order valence-electron chi connectivity index (χ2n) is 13.8. The SMILES string of the molecule is Cc1nc2cc3nn2c(c1[C@H](OC(C)(C)C)C(=O)O)N1CCC(C)(CC1)OCN(C)C[C@H](C)Oc1ccncc1-c1cccc-3c1. The Bertz CT molecular complexity index is 1740. The average Bonchev–Trinajstić information content (AvgIpc) is 3.42. The quantitative estimate of drug-likeness (QED) is 0.301. The average molecular weight is 629 g/mol.